The number of hydrogen-bond acceptors (Lipinski definition) is 1. The minimum Gasteiger partial charge on any atom is -0.329 e. The number of amides is 1. The van der Waals surface area contributed by atoms with Crippen molar-refractivity contribution in [3.8, 4) is 0 Å². The van der Waals surface area contributed by atoms with E-state index in [1.54, 1.807) is 0 Å². The number of hydrogen-bond donors (Lipinski definition) is 1. The van der Waals surface area contributed by atoms with Crippen molar-refractivity contribution < 1.29 is 4.79 Å². The fraction of sp³-hybridized carbons (Fsp3) is 0.667. The Morgan fingerprint density at radius 1 is 1.42 bits per heavy atom. The molecule has 0 aromatic rings. The van der Waals surface area contributed by atoms with Crippen LogP contribution in [0.3, 0.4) is 0 Å². The second-order valence-electron chi connectivity index (χ2n) is 3.41. The van der Waals surface area contributed by atoms with Gasteiger partial charge in [0.25, 0.3) is 0 Å². The predicted octanol–water partition coefficient (Wildman–Crippen LogP) is 2.64. The van der Waals surface area contributed by atoms with Gasteiger partial charge in [-0.15, -0.1) is 0 Å². The van der Waals surface area contributed by atoms with E-state index >= 15 is 0 Å². The fourth-order valence-electron chi connectivity index (χ4n) is 0.634. The maximum Gasteiger partial charge on any atom is 0.224 e. The SMILES string of the molecule is CC(C)C.O=C1CC/C(=C/Cl)N1. The molecule has 0 saturated carbocycles. The Hall–Kier alpha value is -0.500. The summed E-state index contributed by atoms with van der Waals surface area (Å²) < 4.78 is 0. The molecule has 0 spiro atoms. The molecule has 0 aromatic heterocycles. The zero-order chi connectivity index (χ0) is 9.56. The zero-order valence-electron chi connectivity index (χ0n) is 7.86. The molecule has 0 atom stereocenters. The first-order chi connectivity index (χ1) is 5.56. The maximum absolute atomic E-state index is 10.4. The molecule has 1 aliphatic heterocycles. The van der Waals surface area contributed by atoms with Gasteiger partial charge in [-0.2, -0.15) is 0 Å². The largest absolute Gasteiger partial charge is 0.329 e. The average molecular weight is 190 g/mol. The van der Waals surface area contributed by atoms with E-state index in [1.807, 2.05) is 0 Å². The Morgan fingerprint density at radius 2 is 1.92 bits per heavy atom. The van der Waals surface area contributed by atoms with Gasteiger partial charge in [-0.1, -0.05) is 32.4 Å². The summed E-state index contributed by atoms with van der Waals surface area (Å²) in [6.07, 6.45) is 1.35. The van der Waals surface area contributed by atoms with Gasteiger partial charge in [-0.25, -0.2) is 0 Å². The second-order valence-corrected chi connectivity index (χ2v) is 3.63. The zero-order valence-corrected chi connectivity index (χ0v) is 8.61. The van der Waals surface area contributed by atoms with Crippen molar-refractivity contribution in [3.05, 3.63) is 11.2 Å². The van der Waals surface area contributed by atoms with Crippen LogP contribution in [-0.2, 0) is 4.79 Å². The number of rotatable bonds is 0. The van der Waals surface area contributed by atoms with Gasteiger partial charge in [0.05, 0.1) is 0 Å². The maximum atomic E-state index is 10.4. The molecule has 0 aliphatic carbocycles. The van der Waals surface area contributed by atoms with Gasteiger partial charge in [0.1, 0.15) is 0 Å². The number of carbonyl (C=O) groups excluding carboxylic acids is 1. The lowest BCUT2D eigenvalue weighted by Gasteiger charge is -1.88. The molecule has 1 heterocycles. The molecule has 0 aromatic carbocycles. The molecule has 1 aliphatic rings. The van der Waals surface area contributed by atoms with Crippen molar-refractivity contribution in [1.82, 2.24) is 5.32 Å². The van der Waals surface area contributed by atoms with Gasteiger partial charge < -0.3 is 5.32 Å². The first-order valence-electron chi connectivity index (χ1n) is 4.15. The summed E-state index contributed by atoms with van der Waals surface area (Å²) >= 11 is 5.30. The van der Waals surface area contributed by atoms with Gasteiger partial charge in [0.15, 0.2) is 0 Å². The van der Waals surface area contributed by atoms with Gasteiger partial charge in [0, 0.05) is 17.7 Å². The van der Waals surface area contributed by atoms with Crippen LogP contribution in [0, 0.1) is 5.92 Å². The molecule has 2 nitrogen and oxygen atoms in total. The summed E-state index contributed by atoms with van der Waals surface area (Å²) in [5.74, 6) is 0.900. The summed E-state index contributed by atoms with van der Waals surface area (Å²) in [4.78, 5) is 10.4. The normalized spacial score (nSPS) is 19.1. The summed E-state index contributed by atoms with van der Waals surface area (Å²) in [6, 6.07) is 0. The van der Waals surface area contributed by atoms with Crippen LogP contribution in [0.4, 0.5) is 0 Å². The molecule has 1 N–H and O–H groups in total. The third-order valence-corrected chi connectivity index (χ3v) is 1.32. The highest BCUT2D eigenvalue weighted by Gasteiger charge is 2.12. The molecule has 0 unspecified atom stereocenters. The molecule has 1 fully saturated rings. The highest BCUT2D eigenvalue weighted by atomic mass is 35.5. The smallest absolute Gasteiger partial charge is 0.224 e. The molecule has 12 heavy (non-hydrogen) atoms. The Labute approximate surface area is 79.0 Å². The quantitative estimate of drug-likeness (QED) is 0.624. The van der Waals surface area contributed by atoms with Crippen LogP contribution in [0.25, 0.3) is 0 Å². The Morgan fingerprint density at radius 3 is 2.08 bits per heavy atom. The number of carbonyl (C=O) groups is 1. The standard InChI is InChI=1S/C5H6ClNO.C4H10/c6-3-4-1-2-5(8)7-4;1-4(2)3/h3H,1-2H2,(H,7,8);4H,1-3H3/b4-3-;. The highest BCUT2D eigenvalue weighted by molar-refractivity contribution is 6.25. The molecule has 1 amide bonds. The van der Waals surface area contributed by atoms with E-state index in [0.717, 1.165) is 18.0 Å². The average Bonchev–Trinajstić information content (AvgIpc) is 2.34. The molecule has 1 saturated heterocycles. The Kier molecular flexibility index (Phi) is 5.81. The van der Waals surface area contributed by atoms with Crippen LogP contribution in [-0.4, -0.2) is 5.91 Å². The number of nitrogens with one attached hydrogen (secondary N) is 1. The van der Waals surface area contributed by atoms with Gasteiger partial charge in [-0.05, 0) is 12.3 Å². The van der Waals surface area contributed by atoms with E-state index in [0.29, 0.717) is 6.42 Å². The predicted molar refractivity (Wildman–Crippen MR) is 51.8 cm³/mol. The minimum absolute atomic E-state index is 0.0666. The molecule has 70 valence electrons. The van der Waals surface area contributed by atoms with E-state index in [2.05, 4.69) is 26.1 Å². The van der Waals surface area contributed by atoms with Crippen LogP contribution < -0.4 is 5.32 Å². The van der Waals surface area contributed by atoms with Gasteiger partial charge >= 0.3 is 0 Å². The lowest BCUT2D eigenvalue weighted by atomic mass is 10.3. The van der Waals surface area contributed by atoms with E-state index in [1.165, 1.54) is 5.54 Å². The number of allylic oxidation sites excluding steroid dienone is 1. The summed E-state index contributed by atoms with van der Waals surface area (Å²) in [5.41, 5.74) is 2.24. The van der Waals surface area contributed by atoms with Crippen molar-refractivity contribution in [2.75, 3.05) is 0 Å². The lowest BCUT2D eigenvalue weighted by molar-refractivity contribution is -0.118. The van der Waals surface area contributed by atoms with E-state index in [4.69, 9.17) is 11.6 Å². The molecule has 1 rings (SSSR count). The third kappa shape index (κ3) is 6.23. The number of halogens is 1. The second kappa shape index (κ2) is 6.06. The van der Waals surface area contributed by atoms with Crippen LogP contribution in [0.1, 0.15) is 33.6 Å². The molecule has 0 radical (unpaired) electrons. The van der Waals surface area contributed by atoms with Crippen molar-refractivity contribution in [3.63, 3.8) is 0 Å². The van der Waals surface area contributed by atoms with E-state index in [9.17, 15) is 4.79 Å². The molecular weight excluding hydrogens is 174 g/mol. The summed E-state index contributed by atoms with van der Waals surface area (Å²) in [7, 11) is 0. The third-order valence-electron chi connectivity index (χ3n) is 1.05. The van der Waals surface area contributed by atoms with E-state index < -0.39 is 0 Å². The van der Waals surface area contributed by atoms with Crippen molar-refractivity contribution in [1.29, 1.82) is 0 Å². The van der Waals surface area contributed by atoms with Gasteiger partial charge in [0.2, 0.25) is 5.91 Å². The first-order valence-corrected chi connectivity index (χ1v) is 4.59. The van der Waals surface area contributed by atoms with Crippen molar-refractivity contribution in [2.24, 2.45) is 5.92 Å². The summed E-state index contributed by atoms with van der Waals surface area (Å²) in [6.45, 7) is 6.50. The summed E-state index contributed by atoms with van der Waals surface area (Å²) in [5, 5.41) is 2.59. The Balaban J connectivity index is 0.000000261. The lowest BCUT2D eigenvalue weighted by Crippen LogP contribution is -2.11. The fourth-order valence-corrected chi connectivity index (χ4v) is 0.798. The van der Waals surface area contributed by atoms with E-state index in [-0.39, 0.29) is 5.91 Å². The molecular formula is C9H16ClNO. The van der Waals surface area contributed by atoms with Crippen LogP contribution in [0.15, 0.2) is 11.2 Å². The Bertz CT molecular complexity index is 173. The van der Waals surface area contributed by atoms with Crippen molar-refractivity contribution in [2.45, 2.75) is 33.6 Å². The van der Waals surface area contributed by atoms with Crippen LogP contribution in [0.5, 0.6) is 0 Å². The topological polar surface area (TPSA) is 29.1 Å². The van der Waals surface area contributed by atoms with Crippen molar-refractivity contribution >= 4 is 17.5 Å². The minimum atomic E-state index is 0.0666. The van der Waals surface area contributed by atoms with Crippen LogP contribution in [0.2, 0.25) is 0 Å². The molecule has 3 heteroatoms. The molecule has 0 bridgehead atoms. The van der Waals surface area contributed by atoms with Gasteiger partial charge in [-0.3, -0.25) is 4.79 Å². The first kappa shape index (κ1) is 11.5. The highest BCUT2D eigenvalue weighted by Crippen LogP contribution is 2.09. The monoisotopic (exact) mass is 189 g/mol. The van der Waals surface area contributed by atoms with Crippen LogP contribution >= 0.6 is 11.6 Å².